The second kappa shape index (κ2) is 7.56. The highest BCUT2D eigenvalue weighted by atomic mass is 19.1. The number of hydrogen-bond acceptors (Lipinski definition) is 3. The van der Waals surface area contributed by atoms with Gasteiger partial charge in [-0.15, -0.1) is 0 Å². The number of carbonyl (C=O) groups excluding carboxylic acids is 1. The molecule has 1 amide bonds. The Morgan fingerprint density at radius 3 is 2.55 bits per heavy atom. The summed E-state index contributed by atoms with van der Waals surface area (Å²) in [5, 5.41) is 2.77. The number of ether oxygens (including phenoxy) is 2. The van der Waals surface area contributed by atoms with Crippen LogP contribution >= 0.6 is 0 Å². The van der Waals surface area contributed by atoms with Crippen LogP contribution in [0.5, 0.6) is 5.75 Å². The predicted octanol–water partition coefficient (Wildman–Crippen LogP) is 2.91. The first-order valence-corrected chi connectivity index (χ1v) is 6.83. The molecular weight excluding hydrogens is 285 g/mol. The summed E-state index contributed by atoms with van der Waals surface area (Å²) in [7, 11) is 3.06. The van der Waals surface area contributed by atoms with Crippen molar-refractivity contribution in [2.45, 2.75) is 13.2 Å². The fraction of sp³-hybridized carbons (Fsp3) is 0.235. The van der Waals surface area contributed by atoms with Gasteiger partial charge in [-0.25, -0.2) is 4.39 Å². The monoisotopic (exact) mass is 303 g/mol. The average molecular weight is 303 g/mol. The molecule has 0 saturated carbocycles. The van der Waals surface area contributed by atoms with Gasteiger partial charge in [-0.1, -0.05) is 24.3 Å². The molecule has 0 aliphatic carbocycles. The zero-order valence-corrected chi connectivity index (χ0v) is 12.6. The van der Waals surface area contributed by atoms with Gasteiger partial charge in [0.25, 0.3) is 5.91 Å². The highest BCUT2D eigenvalue weighted by molar-refractivity contribution is 5.96. The zero-order valence-electron chi connectivity index (χ0n) is 12.6. The van der Waals surface area contributed by atoms with Crippen LogP contribution in [0.15, 0.2) is 42.5 Å². The third-order valence-corrected chi connectivity index (χ3v) is 3.26. The first-order chi connectivity index (χ1) is 10.7. The molecule has 0 aromatic heterocycles. The third kappa shape index (κ3) is 3.83. The van der Waals surface area contributed by atoms with E-state index < -0.39 is 5.82 Å². The van der Waals surface area contributed by atoms with Crippen molar-refractivity contribution in [1.29, 1.82) is 0 Å². The van der Waals surface area contributed by atoms with E-state index in [9.17, 15) is 9.18 Å². The maximum atomic E-state index is 13.3. The minimum atomic E-state index is -0.481. The van der Waals surface area contributed by atoms with E-state index >= 15 is 0 Å². The maximum Gasteiger partial charge on any atom is 0.255 e. The quantitative estimate of drug-likeness (QED) is 0.892. The van der Waals surface area contributed by atoms with E-state index in [1.54, 1.807) is 7.11 Å². The molecule has 0 aliphatic rings. The van der Waals surface area contributed by atoms with Gasteiger partial charge in [0.15, 0.2) is 0 Å². The summed E-state index contributed by atoms with van der Waals surface area (Å²) in [6.07, 6.45) is 0. The summed E-state index contributed by atoms with van der Waals surface area (Å²) in [6, 6.07) is 11.5. The lowest BCUT2D eigenvalue weighted by molar-refractivity contribution is 0.0947. The van der Waals surface area contributed by atoms with Gasteiger partial charge in [0.1, 0.15) is 11.6 Å². The van der Waals surface area contributed by atoms with E-state index in [2.05, 4.69) is 5.32 Å². The molecule has 116 valence electrons. The second-order valence-electron chi connectivity index (χ2n) is 4.73. The van der Waals surface area contributed by atoms with Gasteiger partial charge in [0.2, 0.25) is 0 Å². The Kier molecular flexibility index (Phi) is 5.49. The van der Waals surface area contributed by atoms with Crippen LogP contribution in [-0.4, -0.2) is 20.1 Å². The van der Waals surface area contributed by atoms with E-state index in [0.29, 0.717) is 18.9 Å². The Bertz CT molecular complexity index is 658. The van der Waals surface area contributed by atoms with Crippen molar-refractivity contribution < 1.29 is 18.7 Å². The molecule has 0 atom stereocenters. The van der Waals surface area contributed by atoms with E-state index in [0.717, 1.165) is 17.2 Å². The van der Waals surface area contributed by atoms with E-state index in [-0.39, 0.29) is 11.5 Å². The lowest BCUT2D eigenvalue weighted by atomic mass is 10.1. The molecule has 0 saturated heterocycles. The van der Waals surface area contributed by atoms with Crippen molar-refractivity contribution in [3.05, 3.63) is 65.0 Å². The Morgan fingerprint density at radius 1 is 1.14 bits per heavy atom. The van der Waals surface area contributed by atoms with E-state index in [4.69, 9.17) is 9.47 Å². The van der Waals surface area contributed by atoms with Crippen LogP contribution in [0.25, 0.3) is 0 Å². The SMILES string of the molecule is COCc1ccccc1CNC(=O)c1cc(F)ccc1OC. The molecule has 5 heteroatoms. The number of nitrogens with one attached hydrogen (secondary N) is 1. The lowest BCUT2D eigenvalue weighted by Gasteiger charge is -2.12. The topological polar surface area (TPSA) is 47.6 Å². The average Bonchev–Trinajstić information content (AvgIpc) is 2.54. The Balaban J connectivity index is 2.12. The summed E-state index contributed by atoms with van der Waals surface area (Å²) >= 11 is 0. The Morgan fingerprint density at radius 2 is 1.86 bits per heavy atom. The minimum absolute atomic E-state index is 0.173. The maximum absolute atomic E-state index is 13.3. The molecule has 0 fully saturated rings. The second-order valence-corrected chi connectivity index (χ2v) is 4.73. The van der Waals surface area contributed by atoms with Crippen molar-refractivity contribution in [1.82, 2.24) is 5.32 Å². The molecular formula is C17H18FNO3. The molecule has 22 heavy (non-hydrogen) atoms. The van der Waals surface area contributed by atoms with Crippen molar-refractivity contribution in [3.8, 4) is 5.75 Å². The summed E-state index contributed by atoms with van der Waals surface area (Å²) in [5.41, 5.74) is 2.12. The third-order valence-electron chi connectivity index (χ3n) is 3.26. The molecule has 0 heterocycles. The van der Waals surface area contributed by atoms with Crippen molar-refractivity contribution in [2.75, 3.05) is 14.2 Å². The molecule has 2 aromatic carbocycles. The van der Waals surface area contributed by atoms with Gasteiger partial charge in [0.05, 0.1) is 19.3 Å². The Labute approximate surface area is 128 Å². The fourth-order valence-corrected chi connectivity index (χ4v) is 2.15. The first kappa shape index (κ1) is 16.0. The van der Waals surface area contributed by atoms with Crippen LogP contribution in [0, 0.1) is 5.82 Å². The summed E-state index contributed by atoms with van der Waals surface area (Å²) in [4.78, 5) is 12.2. The van der Waals surface area contributed by atoms with Crippen molar-refractivity contribution in [2.24, 2.45) is 0 Å². The number of rotatable bonds is 6. The molecule has 0 bridgehead atoms. The van der Waals surface area contributed by atoms with Gasteiger partial charge >= 0.3 is 0 Å². The standard InChI is InChI=1S/C17H18FNO3/c1-21-11-13-6-4-3-5-12(13)10-19-17(20)15-9-14(18)7-8-16(15)22-2/h3-9H,10-11H2,1-2H3,(H,19,20). The molecule has 0 unspecified atom stereocenters. The summed E-state index contributed by atoms with van der Waals surface area (Å²) in [5.74, 6) is -0.529. The van der Waals surface area contributed by atoms with Gasteiger partial charge < -0.3 is 14.8 Å². The van der Waals surface area contributed by atoms with Crippen molar-refractivity contribution >= 4 is 5.91 Å². The van der Waals surface area contributed by atoms with Crippen LogP contribution < -0.4 is 10.1 Å². The number of methoxy groups -OCH3 is 2. The highest BCUT2D eigenvalue weighted by Gasteiger charge is 2.13. The van der Waals surface area contributed by atoms with E-state index in [1.165, 1.54) is 19.2 Å². The molecule has 1 N–H and O–H groups in total. The lowest BCUT2D eigenvalue weighted by Crippen LogP contribution is -2.24. The Hall–Kier alpha value is -2.40. The number of halogens is 1. The van der Waals surface area contributed by atoms with Crippen LogP contribution in [-0.2, 0) is 17.9 Å². The number of hydrogen-bond donors (Lipinski definition) is 1. The summed E-state index contributed by atoms with van der Waals surface area (Å²) in [6.45, 7) is 0.799. The highest BCUT2D eigenvalue weighted by Crippen LogP contribution is 2.19. The van der Waals surface area contributed by atoms with Gasteiger partial charge in [-0.05, 0) is 29.3 Å². The number of benzene rings is 2. The molecule has 4 nitrogen and oxygen atoms in total. The number of amides is 1. The molecule has 2 aromatic rings. The van der Waals surface area contributed by atoms with Crippen LogP contribution in [0.3, 0.4) is 0 Å². The normalized spacial score (nSPS) is 10.3. The van der Waals surface area contributed by atoms with Crippen LogP contribution in [0.1, 0.15) is 21.5 Å². The minimum Gasteiger partial charge on any atom is -0.496 e. The van der Waals surface area contributed by atoms with Gasteiger partial charge in [-0.2, -0.15) is 0 Å². The van der Waals surface area contributed by atoms with Gasteiger partial charge in [-0.3, -0.25) is 4.79 Å². The van der Waals surface area contributed by atoms with Crippen molar-refractivity contribution in [3.63, 3.8) is 0 Å². The van der Waals surface area contributed by atoms with Crippen LogP contribution in [0.2, 0.25) is 0 Å². The molecule has 0 aliphatic heterocycles. The predicted molar refractivity (Wildman–Crippen MR) is 81.3 cm³/mol. The smallest absolute Gasteiger partial charge is 0.255 e. The van der Waals surface area contributed by atoms with Gasteiger partial charge in [0, 0.05) is 13.7 Å². The molecule has 0 spiro atoms. The summed E-state index contributed by atoms with van der Waals surface area (Å²) < 4.78 is 23.5. The zero-order chi connectivity index (χ0) is 15.9. The van der Waals surface area contributed by atoms with E-state index in [1.807, 2.05) is 24.3 Å². The largest absolute Gasteiger partial charge is 0.496 e. The fourth-order valence-electron chi connectivity index (χ4n) is 2.15. The molecule has 2 rings (SSSR count). The first-order valence-electron chi connectivity index (χ1n) is 6.83. The van der Waals surface area contributed by atoms with Crippen LogP contribution in [0.4, 0.5) is 4.39 Å². The molecule has 0 radical (unpaired) electrons. The number of carbonyl (C=O) groups is 1.